The lowest BCUT2D eigenvalue weighted by molar-refractivity contribution is 0.0959. The molecule has 0 radical (unpaired) electrons. The van der Waals surface area contributed by atoms with Gasteiger partial charge in [0, 0.05) is 39.0 Å². The number of hydrogen-bond acceptors (Lipinski definition) is 2. The quantitative estimate of drug-likeness (QED) is 0.515. The molecule has 0 fully saturated rings. The number of halogens is 5. The maximum Gasteiger partial charge on any atom is 0.255 e. The van der Waals surface area contributed by atoms with Crippen LogP contribution in [0.2, 0.25) is 0 Å². The zero-order valence-electron chi connectivity index (χ0n) is 14.9. The molecule has 4 rings (SSSR count). The minimum Gasteiger partial charge on any atom is -0.341 e. The third kappa shape index (κ3) is 3.80. The van der Waals surface area contributed by atoms with Gasteiger partial charge in [0.25, 0.3) is 11.8 Å². The number of carbonyl (C=O) groups is 2. The number of anilines is 1. The van der Waals surface area contributed by atoms with Crippen molar-refractivity contribution in [2.75, 3.05) is 5.32 Å². The molecule has 9 heteroatoms. The van der Waals surface area contributed by atoms with Gasteiger partial charge in [-0.25, -0.2) is 17.6 Å². The van der Waals surface area contributed by atoms with Gasteiger partial charge in [0.1, 0.15) is 23.3 Å². The van der Waals surface area contributed by atoms with Crippen molar-refractivity contribution < 1.29 is 27.2 Å². The first kappa shape index (κ1) is 20.1. The first-order valence-corrected chi connectivity index (χ1v) is 9.38. The molecule has 0 bridgehead atoms. The summed E-state index contributed by atoms with van der Waals surface area (Å²) in [5.74, 6) is -4.84. The summed E-state index contributed by atoms with van der Waals surface area (Å²) in [4.78, 5) is 25.0. The molecule has 0 spiro atoms. The summed E-state index contributed by atoms with van der Waals surface area (Å²) in [5, 5.41) is 5.15. The molecule has 152 valence electrons. The molecule has 3 aromatic carbocycles. The second-order valence-electron chi connectivity index (χ2n) is 6.64. The van der Waals surface area contributed by atoms with Gasteiger partial charge in [-0.1, -0.05) is 15.9 Å². The average Bonchev–Trinajstić information content (AvgIpc) is 2.97. The van der Waals surface area contributed by atoms with Gasteiger partial charge in [0.05, 0.1) is 6.04 Å². The van der Waals surface area contributed by atoms with Crippen LogP contribution in [0.15, 0.2) is 53.0 Å². The molecule has 3 aromatic rings. The van der Waals surface area contributed by atoms with Crippen LogP contribution in [0.4, 0.5) is 23.2 Å². The Morgan fingerprint density at radius 2 is 1.43 bits per heavy atom. The summed E-state index contributed by atoms with van der Waals surface area (Å²) in [6, 6.07) is 7.23. The first-order chi connectivity index (χ1) is 14.2. The average molecular weight is 479 g/mol. The van der Waals surface area contributed by atoms with Crippen molar-refractivity contribution >= 4 is 33.4 Å². The summed E-state index contributed by atoms with van der Waals surface area (Å²) in [7, 11) is 0. The Bertz CT molecular complexity index is 1180. The Morgan fingerprint density at radius 1 is 0.867 bits per heavy atom. The van der Waals surface area contributed by atoms with Crippen molar-refractivity contribution in [3.63, 3.8) is 0 Å². The lowest BCUT2D eigenvalue weighted by Gasteiger charge is -2.17. The number of benzene rings is 3. The summed E-state index contributed by atoms with van der Waals surface area (Å²) in [6.07, 6.45) is 0. The van der Waals surface area contributed by atoms with E-state index in [4.69, 9.17) is 0 Å². The molecule has 0 aliphatic carbocycles. The molecule has 4 nitrogen and oxygen atoms in total. The van der Waals surface area contributed by atoms with E-state index >= 15 is 0 Å². The van der Waals surface area contributed by atoms with Crippen LogP contribution in [0.3, 0.4) is 0 Å². The Balaban J connectivity index is 1.79. The molecule has 0 saturated heterocycles. The van der Waals surface area contributed by atoms with Crippen LogP contribution < -0.4 is 10.6 Å². The summed E-state index contributed by atoms with van der Waals surface area (Å²) in [5.41, 5.74) is 0.460. The highest BCUT2D eigenvalue weighted by atomic mass is 79.9. The summed E-state index contributed by atoms with van der Waals surface area (Å²) < 4.78 is 54.8. The molecule has 1 unspecified atom stereocenters. The van der Waals surface area contributed by atoms with E-state index in [1.807, 2.05) is 0 Å². The minimum absolute atomic E-state index is 0.134. The van der Waals surface area contributed by atoms with E-state index in [2.05, 4.69) is 26.6 Å². The smallest absolute Gasteiger partial charge is 0.255 e. The first-order valence-electron chi connectivity index (χ1n) is 8.59. The standard InChI is InChI=1S/C21H11BrF4N2O2/c22-11-5-16-18(19(28-21(16)30)9-1-12(23)7-13(24)2-9)17(6-11)27-20(29)10-3-14(25)8-15(26)4-10/h1-8,19H,(H,27,29)(H,28,30). The molecule has 2 N–H and O–H groups in total. The van der Waals surface area contributed by atoms with E-state index in [0.29, 0.717) is 16.6 Å². The molecule has 2 amide bonds. The Labute approximate surface area is 176 Å². The minimum atomic E-state index is -0.939. The van der Waals surface area contributed by atoms with E-state index in [-0.39, 0.29) is 27.9 Å². The Morgan fingerprint density at radius 3 is 2.03 bits per heavy atom. The molecule has 0 aromatic heterocycles. The van der Waals surface area contributed by atoms with Crippen molar-refractivity contribution in [2.24, 2.45) is 0 Å². The maximum atomic E-state index is 13.7. The largest absolute Gasteiger partial charge is 0.341 e. The second kappa shape index (κ2) is 7.56. The van der Waals surface area contributed by atoms with Crippen molar-refractivity contribution in [1.82, 2.24) is 5.32 Å². The lowest BCUT2D eigenvalue weighted by Crippen LogP contribution is -2.21. The predicted molar refractivity (Wildman–Crippen MR) is 104 cm³/mol. The van der Waals surface area contributed by atoms with Crippen molar-refractivity contribution in [1.29, 1.82) is 0 Å². The zero-order chi connectivity index (χ0) is 21.6. The highest BCUT2D eigenvalue weighted by molar-refractivity contribution is 9.10. The van der Waals surface area contributed by atoms with Gasteiger partial charge in [0.2, 0.25) is 0 Å². The van der Waals surface area contributed by atoms with Crippen LogP contribution in [0, 0.1) is 23.3 Å². The third-order valence-corrected chi connectivity index (χ3v) is 5.00. The fraction of sp³-hybridized carbons (Fsp3) is 0.0476. The van der Waals surface area contributed by atoms with Gasteiger partial charge >= 0.3 is 0 Å². The van der Waals surface area contributed by atoms with Gasteiger partial charge in [-0.3, -0.25) is 9.59 Å². The van der Waals surface area contributed by atoms with Crippen LogP contribution in [0.1, 0.15) is 37.9 Å². The van der Waals surface area contributed by atoms with E-state index < -0.39 is 41.1 Å². The SMILES string of the molecule is O=C(Nc1cc(Br)cc2c1C(c1cc(F)cc(F)c1)NC2=O)c1cc(F)cc(F)c1. The third-order valence-electron chi connectivity index (χ3n) is 4.54. The Kier molecular flexibility index (Phi) is 5.07. The fourth-order valence-corrected chi connectivity index (χ4v) is 3.83. The molecule has 1 atom stereocenters. The van der Waals surface area contributed by atoms with Gasteiger partial charge in [-0.15, -0.1) is 0 Å². The predicted octanol–water partition coefficient (Wildman–Crippen LogP) is 5.09. The van der Waals surface area contributed by atoms with Gasteiger partial charge < -0.3 is 10.6 Å². The highest BCUT2D eigenvalue weighted by Crippen LogP contribution is 2.39. The summed E-state index contributed by atoms with van der Waals surface area (Å²) in [6.45, 7) is 0. The monoisotopic (exact) mass is 478 g/mol. The molecule has 1 aliphatic heterocycles. The lowest BCUT2D eigenvalue weighted by atomic mass is 9.96. The van der Waals surface area contributed by atoms with Crippen LogP contribution in [-0.2, 0) is 0 Å². The van der Waals surface area contributed by atoms with E-state index in [1.54, 1.807) is 0 Å². The number of carbonyl (C=O) groups excluding carboxylic acids is 2. The topological polar surface area (TPSA) is 58.2 Å². The van der Waals surface area contributed by atoms with Gasteiger partial charge in [0.15, 0.2) is 0 Å². The van der Waals surface area contributed by atoms with E-state index in [0.717, 1.165) is 24.3 Å². The van der Waals surface area contributed by atoms with Crippen LogP contribution in [0.25, 0.3) is 0 Å². The van der Waals surface area contributed by atoms with Crippen LogP contribution in [0.5, 0.6) is 0 Å². The number of rotatable bonds is 3. The molecule has 0 saturated carbocycles. The number of amides is 2. The highest BCUT2D eigenvalue weighted by Gasteiger charge is 2.34. The summed E-state index contributed by atoms with van der Waals surface area (Å²) >= 11 is 3.24. The van der Waals surface area contributed by atoms with Crippen molar-refractivity contribution in [3.8, 4) is 0 Å². The maximum absolute atomic E-state index is 13.7. The molecule has 1 aliphatic rings. The number of hydrogen-bond donors (Lipinski definition) is 2. The van der Waals surface area contributed by atoms with Crippen LogP contribution in [-0.4, -0.2) is 11.8 Å². The molecule has 30 heavy (non-hydrogen) atoms. The number of fused-ring (bicyclic) bond motifs is 1. The van der Waals surface area contributed by atoms with Crippen LogP contribution >= 0.6 is 15.9 Å². The number of nitrogens with one attached hydrogen (secondary N) is 2. The van der Waals surface area contributed by atoms with Crippen molar-refractivity contribution in [3.05, 3.63) is 98.5 Å². The second-order valence-corrected chi connectivity index (χ2v) is 7.55. The molecular weight excluding hydrogens is 468 g/mol. The Hall–Kier alpha value is -3.20. The molecule has 1 heterocycles. The van der Waals surface area contributed by atoms with Gasteiger partial charge in [-0.05, 0) is 42.0 Å². The molecular formula is C21H11BrF4N2O2. The van der Waals surface area contributed by atoms with E-state index in [9.17, 15) is 27.2 Å². The zero-order valence-corrected chi connectivity index (χ0v) is 16.5. The van der Waals surface area contributed by atoms with Crippen molar-refractivity contribution in [2.45, 2.75) is 6.04 Å². The fourth-order valence-electron chi connectivity index (χ4n) is 3.37. The van der Waals surface area contributed by atoms with Gasteiger partial charge in [-0.2, -0.15) is 0 Å². The normalized spacial score (nSPS) is 15.0. The van der Waals surface area contributed by atoms with E-state index in [1.165, 1.54) is 12.1 Å².